The number of carbonyl (C=O) groups excluding carboxylic acids is 1. The molecule has 0 bridgehead atoms. The minimum atomic E-state index is -0.249. The summed E-state index contributed by atoms with van der Waals surface area (Å²) in [6, 6.07) is 10.0. The van der Waals surface area contributed by atoms with Crippen LogP contribution in [0.25, 0.3) is 0 Å². The molecular weight excluding hydrogens is 242 g/mol. The van der Waals surface area contributed by atoms with Crippen LogP contribution in [0.3, 0.4) is 0 Å². The van der Waals surface area contributed by atoms with Crippen LogP contribution in [0.15, 0.2) is 30.3 Å². The van der Waals surface area contributed by atoms with E-state index in [-0.39, 0.29) is 11.2 Å². The molecule has 0 spiro atoms. The van der Waals surface area contributed by atoms with Crippen molar-refractivity contribution in [2.75, 3.05) is 13.6 Å². The third kappa shape index (κ3) is 4.73. The van der Waals surface area contributed by atoms with Crippen LogP contribution in [0.1, 0.15) is 25.8 Å². The standard InChI is InChI=1S/C15H23NOS/c1-4-12(2)11-16(3)15(17)14(18)10-13-8-6-5-7-9-13/h5-9,12,14,18H,4,10-11H2,1-3H3. The molecule has 0 radical (unpaired) electrons. The number of thiol groups is 1. The average Bonchev–Trinajstić information content (AvgIpc) is 2.38. The van der Waals surface area contributed by atoms with E-state index in [2.05, 4.69) is 26.5 Å². The Morgan fingerprint density at radius 2 is 1.94 bits per heavy atom. The minimum Gasteiger partial charge on any atom is -0.345 e. The zero-order valence-corrected chi connectivity index (χ0v) is 12.4. The summed E-state index contributed by atoms with van der Waals surface area (Å²) in [6.07, 6.45) is 1.78. The van der Waals surface area contributed by atoms with Gasteiger partial charge in [0.2, 0.25) is 5.91 Å². The maximum atomic E-state index is 12.1. The number of benzene rings is 1. The van der Waals surface area contributed by atoms with Crippen molar-refractivity contribution in [3.63, 3.8) is 0 Å². The number of rotatable bonds is 6. The molecule has 1 aromatic carbocycles. The fraction of sp³-hybridized carbons (Fsp3) is 0.533. The van der Waals surface area contributed by atoms with Crippen molar-refractivity contribution in [3.05, 3.63) is 35.9 Å². The zero-order valence-electron chi connectivity index (χ0n) is 11.5. The van der Waals surface area contributed by atoms with Gasteiger partial charge in [0.05, 0.1) is 5.25 Å². The maximum Gasteiger partial charge on any atom is 0.235 e. The van der Waals surface area contributed by atoms with E-state index >= 15 is 0 Å². The first-order chi connectivity index (χ1) is 8.54. The van der Waals surface area contributed by atoms with Gasteiger partial charge in [0.15, 0.2) is 0 Å². The number of amides is 1. The van der Waals surface area contributed by atoms with E-state index in [9.17, 15) is 4.79 Å². The molecule has 0 aliphatic carbocycles. The Morgan fingerprint density at radius 1 is 1.33 bits per heavy atom. The third-order valence-corrected chi connectivity index (χ3v) is 3.62. The molecule has 0 N–H and O–H groups in total. The summed E-state index contributed by atoms with van der Waals surface area (Å²) in [7, 11) is 1.86. The second-order valence-electron chi connectivity index (χ2n) is 4.94. The summed E-state index contributed by atoms with van der Waals surface area (Å²) in [6.45, 7) is 5.11. The predicted molar refractivity (Wildman–Crippen MR) is 80.0 cm³/mol. The lowest BCUT2D eigenvalue weighted by Crippen LogP contribution is -2.37. The first-order valence-corrected chi connectivity index (χ1v) is 7.03. The average molecular weight is 265 g/mol. The summed E-state index contributed by atoms with van der Waals surface area (Å²) >= 11 is 4.44. The van der Waals surface area contributed by atoms with Crippen LogP contribution in [0.5, 0.6) is 0 Å². The molecule has 0 heterocycles. The molecule has 18 heavy (non-hydrogen) atoms. The zero-order chi connectivity index (χ0) is 13.5. The Bertz CT molecular complexity index is 366. The number of hydrogen-bond acceptors (Lipinski definition) is 2. The van der Waals surface area contributed by atoms with E-state index in [1.165, 1.54) is 0 Å². The van der Waals surface area contributed by atoms with Crippen molar-refractivity contribution < 1.29 is 4.79 Å². The van der Waals surface area contributed by atoms with Crippen LogP contribution in [0.2, 0.25) is 0 Å². The number of nitrogens with zero attached hydrogens (tertiary/aromatic N) is 1. The Hall–Kier alpha value is -0.960. The fourth-order valence-corrected chi connectivity index (χ4v) is 2.27. The highest BCUT2D eigenvalue weighted by Crippen LogP contribution is 2.11. The molecule has 0 saturated heterocycles. The molecule has 0 aliphatic rings. The van der Waals surface area contributed by atoms with E-state index in [1.54, 1.807) is 4.90 Å². The highest BCUT2D eigenvalue weighted by molar-refractivity contribution is 7.81. The first-order valence-electron chi connectivity index (χ1n) is 6.51. The molecule has 0 aliphatic heterocycles. The summed E-state index contributed by atoms with van der Waals surface area (Å²) in [5.74, 6) is 0.652. The summed E-state index contributed by atoms with van der Waals surface area (Å²) < 4.78 is 0. The Balaban J connectivity index is 2.51. The van der Waals surface area contributed by atoms with Gasteiger partial charge in [0, 0.05) is 13.6 Å². The summed E-state index contributed by atoms with van der Waals surface area (Å²) in [4.78, 5) is 13.9. The second kappa shape index (κ2) is 7.47. The van der Waals surface area contributed by atoms with Gasteiger partial charge < -0.3 is 4.90 Å². The van der Waals surface area contributed by atoms with Crippen LogP contribution in [-0.4, -0.2) is 29.6 Å². The van der Waals surface area contributed by atoms with Gasteiger partial charge in [-0.2, -0.15) is 12.6 Å². The Kier molecular flexibility index (Phi) is 6.27. The number of carbonyl (C=O) groups is 1. The number of hydrogen-bond donors (Lipinski definition) is 1. The van der Waals surface area contributed by atoms with Gasteiger partial charge in [-0.25, -0.2) is 0 Å². The summed E-state index contributed by atoms with van der Waals surface area (Å²) in [5, 5.41) is -0.249. The molecule has 2 atom stereocenters. The monoisotopic (exact) mass is 265 g/mol. The molecule has 0 aromatic heterocycles. The van der Waals surface area contributed by atoms with E-state index in [1.807, 2.05) is 37.4 Å². The van der Waals surface area contributed by atoms with Crippen LogP contribution in [0.4, 0.5) is 0 Å². The van der Waals surface area contributed by atoms with Gasteiger partial charge in [0.1, 0.15) is 0 Å². The van der Waals surface area contributed by atoms with Gasteiger partial charge in [0.25, 0.3) is 0 Å². The molecule has 0 saturated carbocycles. The predicted octanol–water partition coefficient (Wildman–Crippen LogP) is 3.03. The summed E-state index contributed by atoms with van der Waals surface area (Å²) in [5.41, 5.74) is 1.16. The molecule has 3 heteroatoms. The molecule has 2 nitrogen and oxygen atoms in total. The van der Waals surface area contributed by atoms with Crippen molar-refractivity contribution in [2.24, 2.45) is 5.92 Å². The van der Waals surface area contributed by atoms with Crippen LogP contribution in [0, 0.1) is 5.92 Å². The van der Waals surface area contributed by atoms with Crippen LogP contribution in [-0.2, 0) is 11.2 Å². The molecule has 2 unspecified atom stereocenters. The van der Waals surface area contributed by atoms with Crippen molar-refractivity contribution in [2.45, 2.75) is 31.9 Å². The lowest BCUT2D eigenvalue weighted by atomic mass is 10.1. The van der Waals surface area contributed by atoms with Crippen LogP contribution >= 0.6 is 12.6 Å². The second-order valence-corrected chi connectivity index (χ2v) is 5.56. The molecule has 1 amide bonds. The van der Waals surface area contributed by atoms with Gasteiger partial charge in [-0.1, -0.05) is 50.6 Å². The first kappa shape index (κ1) is 15.1. The Labute approximate surface area is 116 Å². The van der Waals surface area contributed by atoms with Gasteiger partial charge in [-0.15, -0.1) is 0 Å². The van der Waals surface area contributed by atoms with Gasteiger partial charge in [-0.05, 0) is 17.9 Å². The van der Waals surface area contributed by atoms with Gasteiger partial charge >= 0.3 is 0 Å². The van der Waals surface area contributed by atoms with Gasteiger partial charge in [-0.3, -0.25) is 4.79 Å². The SMILES string of the molecule is CCC(C)CN(C)C(=O)C(S)Cc1ccccc1. The van der Waals surface area contributed by atoms with E-state index in [0.717, 1.165) is 18.5 Å². The Morgan fingerprint density at radius 3 is 2.50 bits per heavy atom. The van der Waals surface area contributed by atoms with Crippen LogP contribution < -0.4 is 0 Å². The molecular formula is C15H23NOS. The molecule has 0 fully saturated rings. The minimum absolute atomic E-state index is 0.113. The van der Waals surface area contributed by atoms with E-state index in [0.29, 0.717) is 12.3 Å². The van der Waals surface area contributed by atoms with Crippen molar-refractivity contribution in [1.82, 2.24) is 4.90 Å². The van der Waals surface area contributed by atoms with E-state index in [4.69, 9.17) is 0 Å². The normalized spacial score (nSPS) is 14.0. The molecule has 100 valence electrons. The largest absolute Gasteiger partial charge is 0.345 e. The third-order valence-electron chi connectivity index (χ3n) is 3.22. The highest BCUT2D eigenvalue weighted by atomic mass is 32.1. The molecule has 1 aromatic rings. The lowest BCUT2D eigenvalue weighted by Gasteiger charge is -2.23. The topological polar surface area (TPSA) is 20.3 Å². The van der Waals surface area contributed by atoms with Crippen molar-refractivity contribution in [3.8, 4) is 0 Å². The lowest BCUT2D eigenvalue weighted by molar-refractivity contribution is -0.129. The maximum absolute atomic E-state index is 12.1. The smallest absolute Gasteiger partial charge is 0.235 e. The highest BCUT2D eigenvalue weighted by Gasteiger charge is 2.19. The van der Waals surface area contributed by atoms with Crippen molar-refractivity contribution in [1.29, 1.82) is 0 Å². The van der Waals surface area contributed by atoms with E-state index < -0.39 is 0 Å². The fourth-order valence-electron chi connectivity index (χ4n) is 1.87. The molecule has 1 rings (SSSR count). The quantitative estimate of drug-likeness (QED) is 0.784. The van der Waals surface area contributed by atoms with Crippen molar-refractivity contribution >= 4 is 18.5 Å².